The number of para-hydroxylation sites is 1. The van der Waals surface area contributed by atoms with E-state index in [0.717, 1.165) is 12.2 Å². The molecule has 2 aromatic rings. The van der Waals surface area contributed by atoms with E-state index in [2.05, 4.69) is 40.0 Å². The van der Waals surface area contributed by atoms with E-state index in [1.807, 2.05) is 6.07 Å². The molecule has 0 radical (unpaired) electrons. The second-order valence-electron chi connectivity index (χ2n) is 4.58. The quantitative estimate of drug-likeness (QED) is 0.874. The first-order valence-electron chi connectivity index (χ1n) is 6.08. The number of aliphatic hydroxyl groups excluding tert-OH is 1. The van der Waals surface area contributed by atoms with Gasteiger partial charge in [0.05, 0.1) is 24.7 Å². The highest BCUT2D eigenvalue weighted by Crippen LogP contribution is 2.36. The molecule has 1 aromatic carbocycles. The predicted octanol–water partition coefficient (Wildman–Crippen LogP) is 2.05. The van der Waals surface area contributed by atoms with Gasteiger partial charge in [0.1, 0.15) is 0 Å². The van der Waals surface area contributed by atoms with Crippen LogP contribution in [0.25, 0.3) is 0 Å². The number of hydrogen-bond donors (Lipinski definition) is 1. The highest BCUT2D eigenvalue weighted by atomic mass is 16.3. The summed E-state index contributed by atoms with van der Waals surface area (Å²) in [5, 5.41) is 9.14. The molecule has 4 nitrogen and oxygen atoms in total. The van der Waals surface area contributed by atoms with Crippen molar-refractivity contribution in [3.63, 3.8) is 0 Å². The number of benzene rings is 1. The number of rotatable bonds is 2. The van der Waals surface area contributed by atoms with Crippen LogP contribution in [0.1, 0.15) is 18.2 Å². The number of fused-ring (bicyclic) bond motifs is 1. The van der Waals surface area contributed by atoms with Gasteiger partial charge in [0.25, 0.3) is 0 Å². The fraction of sp³-hybridized carbons (Fsp3) is 0.286. The van der Waals surface area contributed by atoms with Crippen molar-refractivity contribution in [1.82, 2.24) is 9.97 Å². The molecule has 0 saturated carbocycles. The van der Waals surface area contributed by atoms with Crippen molar-refractivity contribution in [2.75, 3.05) is 4.90 Å². The molecule has 4 heteroatoms. The molecule has 2 heterocycles. The standard InChI is InChI=1S/C14H15N3O/c1-10-6-11-4-2-3-5-13(11)17(10)14-8-15-7-12(9-18)16-14/h2-5,7-8,10,18H,6,9H2,1H3. The number of aliphatic hydroxyl groups is 1. The summed E-state index contributed by atoms with van der Waals surface area (Å²) in [6.45, 7) is 2.10. The summed E-state index contributed by atoms with van der Waals surface area (Å²) in [5.41, 5.74) is 3.12. The molecular formula is C14H15N3O. The molecule has 1 aliphatic rings. The molecule has 1 aromatic heterocycles. The van der Waals surface area contributed by atoms with Crippen molar-refractivity contribution >= 4 is 11.5 Å². The minimum atomic E-state index is -0.0787. The van der Waals surface area contributed by atoms with Gasteiger partial charge in [0.15, 0.2) is 5.82 Å². The van der Waals surface area contributed by atoms with Crippen LogP contribution < -0.4 is 4.90 Å². The Kier molecular flexibility index (Phi) is 2.72. The molecule has 1 aliphatic heterocycles. The SMILES string of the molecule is CC1Cc2ccccc2N1c1cncc(CO)n1. The van der Waals surface area contributed by atoms with Crippen LogP contribution in [0.2, 0.25) is 0 Å². The van der Waals surface area contributed by atoms with Crippen molar-refractivity contribution in [1.29, 1.82) is 0 Å². The van der Waals surface area contributed by atoms with Gasteiger partial charge >= 0.3 is 0 Å². The number of nitrogens with zero attached hydrogens (tertiary/aromatic N) is 3. The molecule has 0 spiro atoms. The summed E-state index contributed by atoms with van der Waals surface area (Å²) in [6.07, 6.45) is 4.36. The van der Waals surface area contributed by atoms with Gasteiger partial charge in [0, 0.05) is 11.7 Å². The normalized spacial score (nSPS) is 17.9. The summed E-state index contributed by atoms with van der Waals surface area (Å²) in [5.74, 6) is 0.805. The molecule has 0 fully saturated rings. The van der Waals surface area contributed by atoms with E-state index < -0.39 is 0 Å². The van der Waals surface area contributed by atoms with Gasteiger partial charge in [-0.3, -0.25) is 4.98 Å². The summed E-state index contributed by atoms with van der Waals surface area (Å²) in [4.78, 5) is 10.8. The Morgan fingerprint density at radius 1 is 1.33 bits per heavy atom. The summed E-state index contributed by atoms with van der Waals surface area (Å²) < 4.78 is 0. The lowest BCUT2D eigenvalue weighted by Gasteiger charge is -2.23. The number of anilines is 2. The van der Waals surface area contributed by atoms with Gasteiger partial charge in [-0.05, 0) is 25.0 Å². The lowest BCUT2D eigenvalue weighted by atomic mass is 10.1. The number of aromatic nitrogens is 2. The summed E-state index contributed by atoms with van der Waals surface area (Å²) >= 11 is 0. The fourth-order valence-corrected chi connectivity index (χ4v) is 2.50. The van der Waals surface area contributed by atoms with Crippen molar-refractivity contribution in [3.8, 4) is 0 Å². The molecule has 1 unspecified atom stereocenters. The van der Waals surface area contributed by atoms with E-state index in [1.54, 1.807) is 12.4 Å². The molecule has 0 saturated heterocycles. The zero-order valence-corrected chi connectivity index (χ0v) is 10.2. The maximum Gasteiger partial charge on any atom is 0.152 e. The minimum absolute atomic E-state index is 0.0787. The van der Waals surface area contributed by atoms with Gasteiger partial charge in [-0.2, -0.15) is 0 Å². The zero-order chi connectivity index (χ0) is 12.5. The topological polar surface area (TPSA) is 49.2 Å². The van der Waals surface area contributed by atoms with Gasteiger partial charge < -0.3 is 10.0 Å². The monoisotopic (exact) mass is 241 g/mol. The van der Waals surface area contributed by atoms with Crippen molar-refractivity contribution < 1.29 is 5.11 Å². The first-order valence-corrected chi connectivity index (χ1v) is 6.08. The maximum absolute atomic E-state index is 9.14. The largest absolute Gasteiger partial charge is 0.390 e. The second kappa shape index (κ2) is 4.38. The highest BCUT2D eigenvalue weighted by Gasteiger charge is 2.27. The van der Waals surface area contributed by atoms with Crippen LogP contribution in [0, 0.1) is 0 Å². The van der Waals surface area contributed by atoms with Crippen molar-refractivity contribution in [2.24, 2.45) is 0 Å². The third kappa shape index (κ3) is 1.75. The average Bonchev–Trinajstić information content (AvgIpc) is 2.74. The van der Waals surface area contributed by atoms with Crippen LogP contribution >= 0.6 is 0 Å². The van der Waals surface area contributed by atoms with Crippen LogP contribution in [-0.4, -0.2) is 21.1 Å². The van der Waals surface area contributed by atoms with Crippen LogP contribution in [0.5, 0.6) is 0 Å². The Balaban J connectivity index is 2.06. The molecule has 3 rings (SSSR count). The zero-order valence-electron chi connectivity index (χ0n) is 10.2. The fourth-order valence-electron chi connectivity index (χ4n) is 2.50. The van der Waals surface area contributed by atoms with E-state index in [9.17, 15) is 0 Å². The highest BCUT2D eigenvalue weighted by molar-refractivity contribution is 5.68. The van der Waals surface area contributed by atoms with Gasteiger partial charge in [-0.25, -0.2) is 4.98 Å². The van der Waals surface area contributed by atoms with Gasteiger partial charge in [-0.1, -0.05) is 18.2 Å². The van der Waals surface area contributed by atoms with E-state index >= 15 is 0 Å². The lowest BCUT2D eigenvalue weighted by Crippen LogP contribution is -2.25. The Morgan fingerprint density at radius 2 is 2.17 bits per heavy atom. The molecule has 92 valence electrons. The van der Waals surface area contributed by atoms with Crippen molar-refractivity contribution in [2.45, 2.75) is 26.0 Å². The summed E-state index contributed by atoms with van der Waals surface area (Å²) in [7, 11) is 0. The van der Waals surface area contributed by atoms with Crippen molar-refractivity contribution in [3.05, 3.63) is 47.9 Å². The molecule has 18 heavy (non-hydrogen) atoms. The first-order chi connectivity index (χ1) is 8.79. The maximum atomic E-state index is 9.14. The Bertz CT molecular complexity index is 570. The summed E-state index contributed by atoms with van der Waals surface area (Å²) in [6, 6.07) is 8.71. The van der Waals surface area contributed by atoms with E-state index in [0.29, 0.717) is 11.7 Å². The average molecular weight is 241 g/mol. The third-order valence-corrected chi connectivity index (χ3v) is 3.29. The smallest absolute Gasteiger partial charge is 0.152 e. The van der Waals surface area contributed by atoms with Crippen LogP contribution in [-0.2, 0) is 13.0 Å². The minimum Gasteiger partial charge on any atom is -0.390 e. The molecule has 1 atom stereocenters. The molecule has 0 aliphatic carbocycles. The predicted molar refractivity (Wildman–Crippen MR) is 69.7 cm³/mol. The Hall–Kier alpha value is -1.94. The molecule has 1 N–H and O–H groups in total. The van der Waals surface area contributed by atoms with Crippen LogP contribution in [0.15, 0.2) is 36.7 Å². The Morgan fingerprint density at radius 3 is 3.00 bits per heavy atom. The molecule has 0 amide bonds. The lowest BCUT2D eigenvalue weighted by molar-refractivity contribution is 0.276. The second-order valence-corrected chi connectivity index (χ2v) is 4.58. The molecule has 0 bridgehead atoms. The molecular weight excluding hydrogens is 226 g/mol. The Labute approximate surface area is 106 Å². The van der Waals surface area contributed by atoms with Crippen LogP contribution in [0.3, 0.4) is 0 Å². The first kappa shape index (κ1) is 11.2. The third-order valence-electron chi connectivity index (χ3n) is 3.29. The van der Waals surface area contributed by atoms with E-state index in [-0.39, 0.29) is 6.61 Å². The van der Waals surface area contributed by atoms with Crippen LogP contribution in [0.4, 0.5) is 11.5 Å². The number of hydrogen-bond acceptors (Lipinski definition) is 4. The van der Waals surface area contributed by atoms with Gasteiger partial charge in [-0.15, -0.1) is 0 Å². The van der Waals surface area contributed by atoms with Gasteiger partial charge in [0.2, 0.25) is 0 Å². The van der Waals surface area contributed by atoms with E-state index in [1.165, 1.54) is 11.3 Å². The van der Waals surface area contributed by atoms with E-state index in [4.69, 9.17) is 5.11 Å².